The van der Waals surface area contributed by atoms with Crippen molar-refractivity contribution in [1.29, 1.82) is 0 Å². The SMILES string of the molecule is CC(C)NCc1ccc(Sc2nccs2)c(C(F)(F)F)c1. The van der Waals surface area contributed by atoms with Gasteiger partial charge in [0, 0.05) is 29.1 Å². The number of rotatable bonds is 5. The minimum atomic E-state index is -4.37. The van der Waals surface area contributed by atoms with Crippen LogP contribution in [0, 0.1) is 0 Å². The molecule has 0 bridgehead atoms. The molecule has 0 amide bonds. The minimum Gasteiger partial charge on any atom is -0.310 e. The lowest BCUT2D eigenvalue weighted by Crippen LogP contribution is -2.22. The molecule has 2 aromatic rings. The highest BCUT2D eigenvalue weighted by Crippen LogP contribution is 2.40. The molecule has 0 atom stereocenters. The molecule has 2 rings (SSSR count). The highest BCUT2D eigenvalue weighted by Gasteiger charge is 2.34. The predicted molar refractivity (Wildman–Crippen MR) is 79.7 cm³/mol. The third-order valence-corrected chi connectivity index (χ3v) is 4.63. The molecule has 21 heavy (non-hydrogen) atoms. The summed E-state index contributed by atoms with van der Waals surface area (Å²) in [6.45, 7) is 4.33. The van der Waals surface area contributed by atoms with Crippen LogP contribution in [0.2, 0.25) is 0 Å². The molecule has 0 spiro atoms. The quantitative estimate of drug-likeness (QED) is 0.850. The van der Waals surface area contributed by atoms with E-state index in [0.717, 1.165) is 11.8 Å². The molecule has 0 fully saturated rings. The number of aromatic nitrogens is 1. The van der Waals surface area contributed by atoms with Crippen molar-refractivity contribution in [3.63, 3.8) is 0 Å². The molecule has 7 heteroatoms. The van der Waals surface area contributed by atoms with Gasteiger partial charge in [0.15, 0.2) is 4.34 Å². The van der Waals surface area contributed by atoms with E-state index in [1.807, 2.05) is 13.8 Å². The molecule has 0 aliphatic carbocycles. The second-order valence-electron chi connectivity index (χ2n) is 4.76. The van der Waals surface area contributed by atoms with Gasteiger partial charge in [0.05, 0.1) is 5.56 Å². The zero-order valence-electron chi connectivity index (χ0n) is 11.6. The Morgan fingerprint density at radius 3 is 2.67 bits per heavy atom. The molecule has 1 aromatic heterocycles. The van der Waals surface area contributed by atoms with Gasteiger partial charge < -0.3 is 5.32 Å². The number of nitrogens with zero attached hydrogens (tertiary/aromatic N) is 1. The van der Waals surface area contributed by atoms with Crippen molar-refractivity contribution in [3.8, 4) is 0 Å². The van der Waals surface area contributed by atoms with Gasteiger partial charge in [-0.2, -0.15) is 13.2 Å². The van der Waals surface area contributed by atoms with E-state index < -0.39 is 11.7 Å². The first kappa shape index (κ1) is 16.3. The third-order valence-electron chi connectivity index (χ3n) is 2.67. The van der Waals surface area contributed by atoms with Gasteiger partial charge in [0.1, 0.15) is 0 Å². The van der Waals surface area contributed by atoms with Crippen molar-refractivity contribution in [1.82, 2.24) is 10.3 Å². The molecule has 0 saturated heterocycles. The Labute approximate surface area is 129 Å². The van der Waals surface area contributed by atoms with Crippen LogP contribution < -0.4 is 5.32 Å². The maximum atomic E-state index is 13.2. The molecule has 0 aliphatic heterocycles. The van der Waals surface area contributed by atoms with Gasteiger partial charge in [-0.1, -0.05) is 31.7 Å². The lowest BCUT2D eigenvalue weighted by atomic mass is 10.1. The summed E-state index contributed by atoms with van der Waals surface area (Å²) >= 11 is 2.38. The van der Waals surface area contributed by atoms with Crippen LogP contribution in [-0.2, 0) is 12.7 Å². The Balaban J connectivity index is 2.27. The first-order chi connectivity index (χ1) is 9.86. The standard InChI is InChI=1S/C14H15F3N2S2/c1-9(2)19-8-10-3-4-12(11(7-10)14(15,16)17)21-13-18-5-6-20-13/h3-7,9,19H,8H2,1-2H3. The van der Waals surface area contributed by atoms with E-state index in [1.54, 1.807) is 17.6 Å². The van der Waals surface area contributed by atoms with E-state index in [9.17, 15) is 13.2 Å². The Kier molecular flexibility index (Phi) is 5.29. The van der Waals surface area contributed by atoms with Crippen LogP contribution in [0.25, 0.3) is 0 Å². The van der Waals surface area contributed by atoms with Crippen molar-refractivity contribution in [3.05, 3.63) is 40.9 Å². The van der Waals surface area contributed by atoms with E-state index in [2.05, 4.69) is 10.3 Å². The summed E-state index contributed by atoms with van der Waals surface area (Å²) in [4.78, 5) is 4.20. The molecule has 114 valence electrons. The van der Waals surface area contributed by atoms with Crippen LogP contribution in [0.5, 0.6) is 0 Å². The number of halogens is 3. The van der Waals surface area contributed by atoms with Crippen LogP contribution >= 0.6 is 23.1 Å². The van der Waals surface area contributed by atoms with Gasteiger partial charge in [-0.05, 0) is 17.7 Å². The first-order valence-corrected chi connectivity index (χ1v) is 8.06. The zero-order valence-corrected chi connectivity index (χ0v) is 13.2. The van der Waals surface area contributed by atoms with Crippen LogP contribution in [0.1, 0.15) is 25.0 Å². The summed E-state index contributed by atoms with van der Waals surface area (Å²) in [6.07, 6.45) is -2.78. The van der Waals surface area contributed by atoms with E-state index in [-0.39, 0.29) is 10.9 Å². The second kappa shape index (κ2) is 6.81. The number of benzene rings is 1. The van der Waals surface area contributed by atoms with Gasteiger partial charge in [-0.3, -0.25) is 0 Å². The molecule has 0 radical (unpaired) electrons. The van der Waals surface area contributed by atoms with Crippen molar-refractivity contribution >= 4 is 23.1 Å². The molecule has 0 unspecified atom stereocenters. The molecule has 0 aliphatic rings. The van der Waals surface area contributed by atoms with Gasteiger partial charge in [0.25, 0.3) is 0 Å². The summed E-state index contributed by atoms with van der Waals surface area (Å²) in [5, 5.41) is 4.87. The Morgan fingerprint density at radius 1 is 1.33 bits per heavy atom. The largest absolute Gasteiger partial charge is 0.417 e. The fourth-order valence-corrected chi connectivity index (χ4v) is 3.39. The lowest BCUT2D eigenvalue weighted by molar-refractivity contribution is -0.139. The van der Waals surface area contributed by atoms with Crippen molar-refractivity contribution < 1.29 is 13.2 Å². The smallest absolute Gasteiger partial charge is 0.310 e. The van der Waals surface area contributed by atoms with Crippen molar-refractivity contribution in [2.45, 2.75) is 41.8 Å². The van der Waals surface area contributed by atoms with Crippen molar-refractivity contribution in [2.24, 2.45) is 0 Å². The summed E-state index contributed by atoms with van der Waals surface area (Å²) in [6, 6.07) is 4.68. The second-order valence-corrected chi connectivity index (χ2v) is 6.95. The Hall–Kier alpha value is -1.05. The summed E-state index contributed by atoms with van der Waals surface area (Å²) in [5.41, 5.74) is 0.0188. The molecular weight excluding hydrogens is 317 g/mol. The molecule has 0 saturated carbocycles. The number of hydrogen-bond donors (Lipinski definition) is 1. The monoisotopic (exact) mass is 332 g/mol. The summed E-state index contributed by atoms with van der Waals surface area (Å²) in [5.74, 6) is 0. The van der Waals surface area contributed by atoms with Crippen LogP contribution in [0.15, 0.2) is 39.0 Å². The van der Waals surface area contributed by atoms with E-state index in [0.29, 0.717) is 16.4 Å². The van der Waals surface area contributed by atoms with Crippen LogP contribution in [0.4, 0.5) is 13.2 Å². The molecule has 2 nitrogen and oxygen atoms in total. The average molecular weight is 332 g/mol. The number of hydrogen-bond acceptors (Lipinski definition) is 4. The number of alkyl halides is 3. The molecule has 1 aromatic carbocycles. The van der Waals surface area contributed by atoms with Gasteiger partial charge >= 0.3 is 6.18 Å². The normalized spacial score (nSPS) is 12.1. The minimum absolute atomic E-state index is 0.186. The van der Waals surface area contributed by atoms with Crippen LogP contribution in [-0.4, -0.2) is 11.0 Å². The lowest BCUT2D eigenvalue weighted by Gasteiger charge is -2.14. The van der Waals surface area contributed by atoms with Gasteiger partial charge in [-0.15, -0.1) is 11.3 Å². The highest BCUT2D eigenvalue weighted by molar-refractivity contribution is 8.01. The fourth-order valence-electron chi connectivity index (χ4n) is 1.67. The Morgan fingerprint density at radius 2 is 2.10 bits per heavy atom. The van der Waals surface area contributed by atoms with E-state index in [1.165, 1.54) is 23.5 Å². The number of nitrogens with one attached hydrogen (secondary N) is 1. The number of thiazole rings is 1. The van der Waals surface area contributed by atoms with E-state index >= 15 is 0 Å². The maximum Gasteiger partial charge on any atom is 0.417 e. The predicted octanol–water partition coefficient (Wildman–Crippen LogP) is 4.81. The van der Waals surface area contributed by atoms with Gasteiger partial charge in [0.2, 0.25) is 0 Å². The molecule has 1 heterocycles. The highest BCUT2D eigenvalue weighted by atomic mass is 32.2. The Bertz CT molecular complexity index is 580. The summed E-state index contributed by atoms with van der Waals surface area (Å²) in [7, 11) is 0. The maximum absolute atomic E-state index is 13.2. The topological polar surface area (TPSA) is 24.9 Å². The summed E-state index contributed by atoms with van der Waals surface area (Å²) < 4.78 is 40.2. The van der Waals surface area contributed by atoms with Crippen LogP contribution in [0.3, 0.4) is 0 Å². The van der Waals surface area contributed by atoms with Crippen molar-refractivity contribution in [2.75, 3.05) is 0 Å². The molecule has 1 N–H and O–H groups in total. The third kappa shape index (κ3) is 4.72. The first-order valence-electron chi connectivity index (χ1n) is 6.37. The van der Waals surface area contributed by atoms with Gasteiger partial charge in [-0.25, -0.2) is 4.98 Å². The fraction of sp³-hybridized carbons (Fsp3) is 0.357. The average Bonchev–Trinajstić information content (AvgIpc) is 2.89. The van der Waals surface area contributed by atoms with E-state index in [4.69, 9.17) is 0 Å². The molecular formula is C14H15F3N2S2. The zero-order chi connectivity index (χ0) is 15.5.